The van der Waals surface area contributed by atoms with Gasteiger partial charge in [-0.15, -0.1) is 4.91 Å². The zero-order chi connectivity index (χ0) is 9.14. The Morgan fingerprint density at radius 3 is 2.67 bits per heavy atom. The predicted octanol–water partition coefficient (Wildman–Crippen LogP) is 2.39. The number of hydrogen-bond acceptors (Lipinski definition) is 3. The molecule has 0 aliphatic rings. The van der Waals surface area contributed by atoms with E-state index in [1.807, 2.05) is 22.6 Å². The van der Waals surface area contributed by atoms with E-state index >= 15 is 0 Å². The Morgan fingerprint density at radius 2 is 2.17 bits per heavy atom. The molecule has 0 aliphatic carbocycles. The third-order valence-corrected chi connectivity index (χ3v) is 1.96. The van der Waals surface area contributed by atoms with Gasteiger partial charge >= 0.3 is 5.97 Å². The fraction of sp³-hybridized carbons (Fsp3) is 0. The van der Waals surface area contributed by atoms with Crippen LogP contribution in [0.1, 0.15) is 10.4 Å². The van der Waals surface area contributed by atoms with Crippen LogP contribution in [0.25, 0.3) is 0 Å². The molecule has 0 radical (unpaired) electrons. The Labute approximate surface area is 81.7 Å². The second-order valence-electron chi connectivity index (χ2n) is 2.06. The average molecular weight is 277 g/mol. The molecule has 0 fully saturated rings. The largest absolute Gasteiger partial charge is 0.478 e. The topological polar surface area (TPSA) is 66.7 Å². The Bertz CT molecular complexity index is 337. The van der Waals surface area contributed by atoms with E-state index < -0.39 is 5.97 Å². The van der Waals surface area contributed by atoms with Gasteiger partial charge in [0, 0.05) is 3.57 Å². The van der Waals surface area contributed by atoms with Gasteiger partial charge in [0.15, 0.2) is 0 Å². The van der Waals surface area contributed by atoms with E-state index in [-0.39, 0.29) is 11.3 Å². The van der Waals surface area contributed by atoms with Crippen molar-refractivity contribution in [2.24, 2.45) is 5.18 Å². The van der Waals surface area contributed by atoms with Crippen LogP contribution in [0.4, 0.5) is 5.69 Å². The van der Waals surface area contributed by atoms with E-state index in [4.69, 9.17) is 5.11 Å². The van der Waals surface area contributed by atoms with E-state index in [1.165, 1.54) is 12.1 Å². The first-order chi connectivity index (χ1) is 5.65. The Morgan fingerprint density at radius 1 is 1.50 bits per heavy atom. The van der Waals surface area contributed by atoms with E-state index in [0.29, 0.717) is 0 Å². The molecule has 0 saturated carbocycles. The number of halogens is 1. The van der Waals surface area contributed by atoms with Crippen molar-refractivity contribution in [3.8, 4) is 0 Å². The van der Waals surface area contributed by atoms with Crippen molar-refractivity contribution in [2.45, 2.75) is 0 Å². The molecule has 0 aromatic heterocycles. The summed E-state index contributed by atoms with van der Waals surface area (Å²) in [5, 5.41) is 11.2. The number of nitroso groups, excluding NO2 is 1. The van der Waals surface area contributed by atoms with Crippen molar-refractivity contribution < 1.29 is 9.90 Å². The van der Waals surface area contributed by atoms with E-state index in [1.54, 1.807) is 6.07 Å². The van der Waals surface area contributed by atoms with E-state index in [9.17, 15) is 9.70 Å². The predicted molar refractivity (Wildman–Crippen MR) is 51.6 cm³/mol. The molecule has 1 aromatic carbocycles. The molecule has 0 unspecified atom stereocenters. The summed E-state index contributed by atoms with van der Waals surface area (Å²) in [5.74, 6) is -1.14. The molecule has 0 atom stereocenters. The molecular weight excluding hydrogens is 273 g/mol. The molecule has 0 heterocycles. The molecule has 0 aliphatic heterocycles. The summed E-state index contributed by atoms with van der Waals surface area (Å²) in [7, 11) is 0. The lowest BCUT2D eigenvalue weighted by atomic mass is 10.2. The summed E-state index contributed by atoms with van der Waals surface area (Å²) in [6, 6.07) is 4.40. The number of nitrogens with zero attached hydrogens (tertiary/aromatic N) is 1. The van der Waals surface area contributed by atoms with Crippen molar-refractivity contribution in [1.82, 2.24) is 0 Å². The molecule has 5 heteroatoms. The van der Waals surface area contributed by atoms with Crippen LogP contribution in [0.3, 0.4) is 0 Å². The molecular formula is C7H4INO3. The Balaban J connectivity index is 3.29. The van der Waals surface area contributed by atoms with Gasteiger partial charge in [-0.05, 0) is 46.0 Å². The van der Waals surface area contributed by atoms with Gasteiger partial charge in [0.1, 0.15) is 5.69 Å². The fourth-order valence-electron chi connectivity index (χ4n) is 0.761. The van der Waals surface area contributed by atoms with Crippen molar-refractivity contribution in [3.05, 3.63) is 32.2 Å². The SMILES string of the molecule is O=Nc1cc(I)ccc1C(=O)O. The maximum Gasteiger partial charge on any atom is 0.338 e. The lowest BCUT2D eigenvalue weighted by Gasteiger charge is -1.96. The second kappa shape index (κ2) is 3.61. The molecule has 1 rings (SSSR count). The maximum absolute atomic E-state index is 10.5. The number of carboxylic acids is 1. The first kappa shape index (κ1) is 9.11. The second-order valence-corrected chi connectivity index (χ2v) is 3.30. The molecule has 12 heavy (non-hydrogen) atoms. The highest BCUT2D eigenvalue weighted by Gasteiger charge is 2.09. The molecule has 4 nitrogen and oxygen atoms in total. The molecule has 1 N–H and O–H groups in total. The highest BCUT2D eigenvalue weighted by molar-refractivity contribution is 14.1. The van der Waals surface area contributed by atoms with E-state index in [2.05, 4.69) is 5.18 Å². The van der Waals surface area contributed by atoms with Gasteiger partial charge in [0.2, 0.25) is 0 Å². The summed E-state index contributed by atoms with van der Waals surface area (Å²) in [6.07, 6.45) is 0. The van der Waals surface area contributed by atoms with Crippen LogP contribution in [0.15, 0.2) is 23.4 Å². The minimum Gasteiger partial charge on any atom is -0.478 e. The summed E-state index contributed by atoms with van der Waals surface area (Å²) in [4.78, 5) is 20.7. The summed E-state index contributed by atoms with van der Waals surface area (Å²) in [5.41, 5.74) is -0.0974. The molecule has 0 saturated heterocycles. The number of carbonyl (C=O) groups is 1. The third-order valence-electron chi connectivity index (χ3n) is 1.29. The third kappa shape index (κ3) is 1.79. The van der Waals surface area contributed by atoms with Gasteiger partial charge in [0.05, 0.1) is 5.56 Å². The van der Waals surface area contributed by atoms with Gasteiger partial charge < -0.3 is 5.11 Å². The van der Waals surface area contributed by atoms with Gasteiger partial charge in [-0.2, -0.15) is 0 Å². The lowest BCUT2D eigenvalue weighted by molar-refractivity contribution is 0.0698. The minimum absolute atomic E-state index is 0.0330. The highest BCUT2D eigenvalue weighted by atomic mass is 127. The molecule has 0 amide bonds. The summed E-state index contributed by atoms with van der Waals surface area (Å²) >= 11 is 1.98. The quantitative estimate of drug-likeness (QED) is 0.666. The zero-order valence-corrected chi connectivity index (χ0v) is 7.98. The molecule has 0 spiro atoms. The van der Waals surface area contributed by atoms with Gasteiger partial charge in [-0.3, -0.25) is 0 Å². The summed E-state index contributed by atoms with van der Waals surface area (Å²) in [6.45, 7) is 0. The van der Waals surface area contributed by atoms with Crippen LogP contribution in [0.2, 0.25) is 0 Å². The van der Waals surface area contributed by atoms with Gasteiger partial charge in [0.25, 0.3) is 0 Å². The summed E-state index contributed by atoms with van der Waals surface area (Å²) < 4.78 is 0.784. The Kier molecular flexibility index (Phi) is 2.74. The van der Waals surface area contributed by atoms with Crippen molar-refractivity contribution in [1.29, 1.82) is 0 Å². The number of hydrogen-bond donors (Lipinski definition) is 1. The number of rotatable bonds is 2. The van der Waals surface area contributed by atoms with Crippen LogP contribution >= 0.6 is 22.6 Å². The first-order valence-electron chi connectivity index (χ1n) is 3.01. The number of aromatic carboxylic acids is 1. The smallest absolute Gasteiger partial charge is 0.338 e. The fourth-order valence-corrected chi connectivity index (χ4v) is 1.24. The normalized spacial score (nSPS) is 9.42. The monoisotopic (exact) mass is 277 g/mol. The van der Waals surface area contributed by atoms with Gasteiger partial charge in [-0.1, -0.05) is 0 Å². The van der Waals surface area contributed by atoms with Crippen LogP contribution < -0.4 is 0 Å². The first-order valence-corrected chi connectivity index (χ1v) is 4.09. The minimum atomic E-state index is -1.14. The number of carboxylic acid groups (broad SMARTS) is 1. The van der Waals surface area contributed by atoms with Crippen LogP contribution in [0, 0.1) is 8.48 Å². The molecule has 0 bridgehead atoms. The zero-order valence-electron chi connectivity index (χ0n) is 5.82. The van der Waals surface area contributed by atoms with Crippen molar-refractivity contribution in [3.63, 3.8) is 0 Å². The van der Waals surface area contributed by atoms with Crippen LogP contribution in [-0.2, 0) is 0 Å². The van der Waals surface area contributed by atoms with Gasteiger partial charge in [-0.25, -0.2) is 4.79 Å². The highest BCUT2D eigenvalue weighted by Crippen LogP contribution is 2.21. The van der Waals surface area contributed by atoms with E-state index in [0.717, 1.165) is 3.57 Å². The standard InChI is InChI=1S/C7H4INO3/c8-4-1-2-5(7(10)11)6(3-4)9-12/h1-3H,(H,10,11). The lowest BCUT2D eigenvalue weighted by Crippen LogP contribution is -1.96. The van der Waals surface area contributed by atoms with Crippen molar-refractivity contribution >= 4 is 34.2 Å². The maximum atomic E-state index is 10.5. The van der Waals surface area contributed by atoms with Crippen molar-refractivity contribution in [2.75, 3.05) is 0 Å². The molecule has 62 valence electrons. The molecule has 1 aromatic rings. The average Bonchev–Trinajstić information content (AvgIpc) is 2.03. The van der Waals surface area contributed by atoms with Crippen LogP contribution in [-0.4, -0.2) is 11.1 Å². The number of benzene rings is 1. The van der Waals surface area contributed by atoms with Crippen LogP contribution in [0.5, 0.6) is 0 Å². The Hall–Kier alpha value is -0.980.